The van der Waals surface area contributed by atoms with Crippen LogP contribution in [-0.4, -0.2) is 91.8 Å². The number of carboxylic acids is 2. The van der Waals surface area contributed by atoms with Gasteiger partial charge in [-0.05, 0) is 96.5 Å². The number of anilines is 2. The van der Waals surface area contributed by atoms with Crippen molar-refractivity contribution in [2.24, 2.45) is 11.8 Å². The van der Waals surface area contributed by atoms with Gasteiger partial charge in [-0.1, -0.05) is 52.0 Å². The molecule has 2 aliphatic rings. The highest BCUT2D eigenvalue weighted by Crippen LogP contribution is 2.59. The van der Waals surface area contributed by atoms with E-state index in [0.29, 0.717) is 24.3 Å². The summed E-state index contributed by atoms with van der Waals surface area (Å²) in [6.45, 7) is 6.26. The molecule has 4 N–H and O–H groups in total. The minimum atomic E-state index is -6.49. The predicted octanol–water partition coefficient (Wildman–Crippen LogP) is 7.79. The van der Waals surface area contributed by atoms with Crippen molar-refractivity contribution >= 4 is 58.8 Å². The first-order chi connectivity index (χ1) is 30.3. The Morgan fingerprint density at radius 3 is 1.12 bits per heavy atom. The number of halogens is 6. The Balaban J connectivity index is 1.49. The Hall–Kier alpha value is -7.38. The first-order valence-electron chi connectivity index (χ1n) is 19.8. The van der Waals surface area contributed by atoms with Crippen LogP contribution in [0.3, 0.4) is 0 Å². The third-order valence-corrected chi connectivity index (χ3v) is 11.0. The molecule has 2 aliphatic heterocycles. The first kappa shape index (κ1) is 47.1. The van der Waals surface area contributed by atoms with Crippen molar-refractivity contribution in [3.8, 4) is 0 Å². The van der Waals surface area contributed by atoms with Crippen LogP contribution in [0.5, 0.6) is 0 Å². The van der Waals surface area contributed by atoms with Gasteiger partial charge in [0.05, 0.1) is 33.4 Å². The summed E-state index contributed by atoms with van der Waals surface area (Å²) < 4.78 is 96.2. The average molecular weight is 909 g/mol. The molecular formula is C45H38F6N4O10. The summed E-state index contributed by atoms with van der Waals surface area (Å²) in [4.78, 5) is 108. The number of amides is 6. The lowest BCUT2D eigenvalue weighted by Gasteiger charge is -2.40. The van der Waals surface area contributed by atoms with Crippen LogP contribution in [0.2, 0.25) is 0 Å². The molecule has 4 aromatic carbocycles. The second-order valence-electron chi connectivity index (χ2n) is 16.2. The molecule has 2 heterocycles. The number of imide groups is 2. The summed E-state index contributed by atoms with van der Waals surface area (Å²) in [5.41, 5.74) is -14.0. The van der Waals surface area contributed by atoms with Gasteiger partial charge in [0.1, 0.15) is 12.1 Å². The molecule has 0 aromatic heterocycles. The van der Waals surface area contributed by atoms with E-state index < -0.39 is 122 Å². The van der Waals surface area contributed by atoms with E-state index in [-0.39, 0.29) is 45.1 Å². The van der Waals surface area contributed by atoms with Gasteiger partial charge in [-0.3, -0.25) is 38.6 Å². The van der Waals surface area contributed by atoms with Crippen LogP contribution >= 0.6 is 0 Å². The van der Waals surface area contributed by atoms with Crippen molar-refractivity contribution < 1.29 is 74.9 Å². The second kappa shape index (κ2) is 17.3. The molecular weight excluding hydrogens is 871 g/mol. The van der Waals surface area contributed by atoms with Crippen LogP contribution in [0.15, 0.2) is 84.9 Å². The van der Waals surface area contributed by atoms with Crippen molar-refractivity contribution in [3.63, 3.8) is 0 Å². The van der Waals surface area contributed by atoms with Gasteiger partial charge in [0.2, 0.25) is 17.2 Å². The highest BCUT2D eigenvalue weighted by molar-refractivity contribution is 6.25. The summed E-state index contributed by atoms with van der Waals surface area (Å²) in [7, 11) is 0. The van der Waals surface area contributed by atoms with E-state index in [1.807, 2.05) is 0 Å². The molecule has 2 atom stereocenters. The molecule has 0 aliphatic carbocycles. The maximum atomic E-state index is 16.0. The maximum Gasteiger partial charge on any atom is 0.411 e. The number of carbonyl (C=O) groups is 8. The SMILES string of the molecule is CC(C)C[C@@H](C(=O)Nc1ccc(C(=O)O)cc1)N1C(=O)c2cccc(C(c3cccc4c3C(=O)N([C@@H](CC(C)C)C(=O)Nc3ccc(C(=O)O)cc3)C4=O)(C(F)(F)F)C(F)(F)F)c2C1=O. The van der Waals surface area contributed by atoms with Crippen LogP contribution in [0.4, 0.5) is 37.7 Å². The third-order valence-electron chi connectivity index (χ3n) is 11.0. The molecule has 0 fully saturated rings. The molecule has 20 heteroatoms. The number of benzene rings is 4. The largest absolute Gasteiger partial charge is 0.478 e. The van der Waals surface area contributed by atoms with Gasteiger partial charge in [0.15, 0.2) is 0 Å². The number of rotatable bonds is 14. The number of nitrogens with zero attached hydrogens (tertiary/aromatic N) is 2. The van der Waals surface area contributed by atoms with Crippen LogP contribution in [0, 0.1) is 11.8 Å². The van der Waals surface area contributed by atoms with Crippen molar-refractivity contribution in [2.45, 2.75) is 70.4 Å². The summed E-state index contributed by atoms with van der Waals surface area (Å²) in [6, 6.07) is 9.16. The summed E-state index contributed by atoms with van der Waals surface area (Å²) >= 11 is 0. The predicted molar refractivity (Wildman–Crippen MR) is 217 cm³/mol. The zero-order valence-electron chi connectivity index (χ0n) is 34.6. The Bertz CT molecular complexity index is 2460. The van der Waals surface area contributed by atoms with Crippen molar-refractivity contribution in [1.29, 1.82) is 0 Å². The number of hydrogen-bond acceptors (Lipinski definition) is 8. The fourth-order valence-electron chi connectivity index (χ4n) is 8.11. The monoisotopic (exact) mass is 908 g/mol. The number of carboxylic acid groups (broad SMARTS) is 2. The maximum absolute atomic E-state index is 16.0. The number of fused-ring (bicyclic) bond motifs is 2. The van der Waals surface area contributed by atoms with E-state index in [2.05, 4.69) is 10.6 Å². The van der Waals surface area contributed by atoms with E-state index in [0.717, 1.165) is 36.4 Å². The van der Waals surface area contributed by atoms with Crippen LogP contribution in [0.1, 0.15) is 114 Å². The van der Waals surface area contributed by atoms with Crippen LogP contribution in [0.25, 0.3) is 0 Å². The third kappa shape index (κ3) is 8.30. The fraction of sp³-hybridized carbons (Fsp3) is 0.289. The average Bonchev–Trinajstić information content (AvgIpc) is 3.62. The minimum Gasteiger partial charge on any atom is -0.478 e. The van der Waals surface area contributed by atoms with Gasteiger partial charge >= 0.3 is 24.3 Å². The highest BCUT2D eigenvalue weighted by Gasteiger charge is 2.75. The summed E-state index contributed by atoms with van der Waals surface area (Å²) in [5.74, 6) is -12.0. The number of alkyl halides is 6. The number of hydrogen-bond donors (Lipinski definition) is 4. The van der Waals surface area contributed by atoms with Gasteiger partial charge in [-0.15, -0.1) is 0 Å². The molecule has 65 heavy (non-hydrogen) atoms. The molecule has 6 amide bonds. The zero-order valence-corrected chi connectivity index (χ0v) is 34.6. The number of aromatic carboxylic acids is 2. The lowest BCUT2D eigenvalue weighted by Crippen LogP contribution is -2.56. The second-order valence-corrected chi connectivity index (χ2v) is 16.2. The molecule has 0 saturated heterocycles. The normalized spacial score (nSPS) is 15.0. The van der Waals surface area contributed by atoms with Gasteiger partial charge in [0.25, 0.3) is 23.6 Å². The van der Waals surface area contributed by atoms with Crippen molar-refractivity contribution in [1.82, 2.24) is 9.80 Å². The van der Waals surface area contributed by atoms with Gasteiger partial charge in [0, 0.05) is 11.4 Å². The van der Waals surface area contributed by atoms with Gasteiger partial charge in [-0.2, -0.15) is 26.3 Å². The summed E-state index contributed by atoms with van der Waals surface area (Å²) in [6.07, 6.45) is -13.6. The molecule has 14 nitrogen and oxygen atoms in total. The molecule has 6 rings (SSSR count). The lowest BCUT2D eigenvalue weighted by molar-refractivity contribution is -0.288. The number of carbonyl (C=O) groups excluding carboxylic acids is 6. The molecule has 0 radical (unpaired) electrons. The molecule has 0 saturated carbocycles. The Morgan fingerprint density at radius 2 is 0.846 bits per heavy atom. The van der Waals surface area contributed by atoms with Gasteiger partial charge in [-0.25, -0.2) is 9.59 Å². The van der Waals surface area contributed by atoms with Gasteiger partial charge < -0.3 is 20.8 Å². The molecule has 4 aromatic rings. The molecule has 0 bridgehead atoms. The van der Waals surface area contributed by atoms with Crippen LogP contribution in [-0.2, 0) is 15.0 Å². The standard InChI is InChI=1S/C45H38F6N4O10/c1-21(2)19-31(35(56)52-25-15-11-23(12-16-25)41(62)63)54-37(58)27-7-5-9-29(33(27)39(54)60)43(44(46,47)48,45(49,50)51)30-10-6-8-28-34(30)40(61)55(38(28)59)32(20-22(3)4)36(57)53-26-17-13-24(14-18-26)42(64)65/h5-18,21-22,31-32H,19-20H2,1-4H3,(H,52,56)(H,53,57)(H,62,63)(H,64,65)/t31-,32-/m0/s1. The Kier molecular flexibility index (Phi) is 12.5. The van der Waals surface area contributed by atoms with E-state index in [4.69, 9.17) is 0 Å². The Labute approximate surface area is 365 Å². The molecule has 340 valence electrons. The Morgan fingerprint density at radius 1 is 0.523 bits per heavy atom. The molecule has 0 spiro atoms. The first-order valence-corrected chi connectivity index (χ1v) is 19.8. The minimum absolute atomic E-state index is 0.0204. The van der Waals surface area contributed by atoms with E-state index in [1.54, 1.807) is 27.7 Å². The summed E-state index contributed by atoms with van der Waals surface area (Å²) in [5, 5.41) is 23.3. The van der Waals surface area contributed by atoms with E-state index in [9.17, 15) is 48.6 Å². The molecule has 0 unspecified atom stereocenters. The zero-order chi connectivity index (χ0) is 48.1. The van der Waals surface area contributed by atoms with Crippen molar-refractivity contribution in [3.05, 3.63) is 129 Å². The smallest absolute Gasteiger partial charge is 0.411 e. The topological polar surface area (TPSA) is 208 Å². The van der Waals surface area contributed by atoms with Crippen LogP contribution < -0.4 is 10.6 Å². The quantitative estimate of drug-likeness (QED) is 0.0713. The lowest BCUT2D eigenvalue weighted by atomic mass is 9.68. The highest BCUT2D eigenvalue weighted by atomic mass is 19.4. The van der Waals surface area contributed by atoms with E-state index in [1.165, 1.54) is 24.3 Å². The van der Waals surface area contributed by atoms with E-state index >= 15 is 26.3 Å². The number of nitrogens with one attached hydrogen (secondary N) is 2. The fourth-order valence-corrected chi connectivity index (χ4v) is 8.11. The van der Waals surface area contributed by atoms with Crippen molar-refractivity contribution in [2.75, 3.05) is 10.6 Å².